The van der Waals surface area contributed by atoms with Gasteiger partial charge < -0.3 is 20.7 Å². The van der Waals surface area contributed by atoms with Crippen molar-refractivity contribution in [1.82, 2.24) is 5.32 Å². The molecule has 0 fully saturated rings. The molecule has 116 valence electrons. The number of nitrogens with zero attached hydrogens (tertiary/aromatic N) is 1. The van der Waals surface area contributed by atoms with Crippen LogP contribution in [0.4, 0.5) is 11.4 Å². The summed E-state index contributed by atoms with van der Waals surface area (Å²) in [5.41, 5.74) is 8.20. The molecular formula is C15H23N3O3. The minimum Gasteiger partial charge on any atom is -0.465 e. The lowest BCUT2D eigenvalue weighted by molar-refractivity contribution is -0.119. The van der Waals surface area contributed by atoms with Gasteiger partial charge in [-0.1, -0.05) is 0 Å². The van der Waals surface area contributed by atoms with Crippen LogP contribution in [0, 0.1) is 6.92 Å². The highest BCUT2D eigenvalue weighted by Gasteiger charge is 2.17. The summed E-state index contributed by atoms with van der Waals surface area (Å²) in [6, 6.07) is 3.53. The van der Waals surface area contributed by atoms with Gasteiger partial charge in [0.05, 0.1) is 19.2 Å². The molecule has 0 aliphatic heterocycles. The number of amides is 1. The maximum absolute atomic E-state index is 11.8. The monoisotopic (exact) mass is 293 g/mol. The second-order valence-electron chi connectivity index (χ2n) is 4.68. The van der Waals surface area contributed by atoms with E-state index in [0.717, 1.165) is 11.3 Å². The number of carbonyl (C=O) groups is 2. The third kappa shape index (κ3) is 4.11. The van der Waals surface area contributed by atoms with Crippen LogP contribution in [0.3, 0.4) is 0 Å². The summed E-state index contributed by atoms with van der Waals surface area (Å²) in [6.07, 6.45) is 0. The number of carbonyl (C=O) groups excluding carboxylic acids is 2. The van der Waals surface area contributed by atoms with Gasteiger partial charge in [-0.2, -0.15) is 0 Å². The Kier molecular flexibility index (Phi) is 6.02. The molecule has 0 heterocycles. The fourth-order valence-electron chi connectivity index (χ4n) is 2.05. The van der Waals surface area contributed by atoms with Crippen molar-refractivity contribution >= 4 is 23.3 Å². The number of nitrogens with two attached hydrogens (primary N) is 1. The topological polar surface area (TPSA) is 84.7 Å². The second-order valence-corrected chi connectivity index (χ2v) is 4.68. The van der Waals surface area contributed by atoms with E-state index in [4.69, 9.17) is 10.5 Å². The standard InChI is InChI=1S/C15H23N3O3/c1-5-17-13(19)9-18(6-2)11-7-10(3)14(16)12(8-11)15(20)21-4/h7-8H,5-6,9,16H2,1-4H3,(H,17,19). The number of aryl methyl sites for hydroxylation is 1. The lowest BCUT2D eigenvalue weighted by Gasteiger charge is -2.24. The SMILES string of the molecule is CCNC(=O)CN(CC)c1cc(C)c(N)c(C(=O)OC)c1. The molecule has 6 nitrogen and oxygen atoms in total. The van der Waals surface area contributed by atoms with Crippen LogP contribution in [0.2, 0.25) is 0 Å². The number of rotatable bonds is 6. The number of hydrogen-bond donors (Lipinski definition) is 2. The average molecular weight is 293 g/mol. The minimum absolute atomic E-state index is 0.0616. The van der Waals surface area contributed by atoms with Crippen LogP contribution in [0.1, 0.15) is 29.8 Å². The average Bonchev–Trinajstić information content (AvgIpc) is 2.47. The maximum atomic E-state index is 11.8. The van der Waals surface area contributed by atoms with Crippen LogP contribution < -0.4 is 16.0 Å². The van der Waals surface area contributed by atoms with Gasteiger partial charge in [0.1, 0.15) is 0 Å². The Morgan fingerprint density at radius 1 is 1.33 bits per heavy atom. The molecule has 0 bridgehead atoms. The van der Waals surface area contributed by atoms with E-state index in [2.05, 4.69) is 5.32 Å². The summed E-state index contributed by atoms with van der Waals surface area (Å²) >= 11 is 0. The normalized spacial score (nSPS) is 10.1. The van der Waals surface area contributed by atoms with E-state index in [1.54, 1.807) is 6.07 Å². The summed E-state index contributed by atoms with van der Waals surface area (Å²) in [5, 5.41) is 2.76. The third-order valence-corrected chi connectivity index (χ3v) is 3.23. The fourth-order valence-corrected chi connectivity index (χ4v) is 2.05. The molecule has 0 radical (unpaired) electrons. The first kappa shape index (κ1) is 16.8. The van der Waals surface area contributed by atoms with Crippen molar-refractivity contribution in [3.8, 4) is 0 Å². The molecule has 0 unspecified atom stereocenters. The zero-order valence-corrected chi connectivity index (χ0v) is 13.0. The van der Waals surface area contributed by atoms with Crippen LogP contribution in [0.25, 0.3) is 0 Å². The lowest BCUT2D eigenvalue weighted by Crippen LogP contribution is -2.37. The Morgan fingerprint density at radius 3 is 2.52 bits per heavy atom. The van der Waals surface area contributed by atoms with Gasteiger partial charge in [0.2, 0.25) is 5.91 Å². The molecule has 1 aromatic rings. The summed E-state index contributed by atoms with van der Waals surface area (Å²) in [6.45, 7) is 7.10. The zero-order valence-electron chi connectivity index (χ0n) is 13.0. The molecule has 3 N–H and O–H groups in total. The van der Waals surface area contributed by atoms with Crippen LogP contribution in [-0.2, 0) is 9.53 Å². The summed E-state index contributed by atoms with van der Waals surface area (Å²) in [4.78, 5) is 25.4. The fraction of sp³-hybridized carbons (Fsp3) is 0.467. The number of nitrogens with one attached hydrogen (secondary N) is 1. The van der Waals surface area contributed by atoms with Gasteiger partial charge in [0, 0.05) is 24.5 Å². The molecule has 1 aromatic carbocycles. The minimum atomic E-state index is -0.480. The Labute approximate surface area is 125 Å². The van der Waals surface area contributed by atoms with Crippen LogP contribution in [-0.4, -0.2) is 38.6 Å². The second kappa shape index (κ2) is 7.52. The van der Waals surface area contributed by atoms with E-state index in [0.29, 0.717) is 24.3 Å². The largest absolute Gasteiger partial charge is 0.465 e. The van der Waals surface area contributed by atoms with Gasteiger partial charge in [-0.3, -0.25) is 4.79 Å². The first-order valence-electron chi connectivity index (χ1n) is 6.94. The summed E-state index contributed by atoms with van der Waals surface area (Å²) < 4.78 is 4.74. The number of anilines is 2. The Bertz CT molecular complexity index is 529. The van der Waals surface area contributed by atoms with Crippen LogP contribution in [0.5, 0.6) is 0 Å². The van der Waals surface area contributed by atoms with Crippen molar-refractivity contribution in [3.63, 3.8) is 0 Å². The highest BCUT2D eigenvalue weighted by molar-refractivity contribution is 5.97. The van der Waals surface area contributed by atoms with E-state index in [9.17, 15) is 9.59 Å². The highest BCUT2D eigenvalue weighted by atomic mass is 16.5. The van der Waals surface area contributed by atoms with Crippen molar-refractivity contribution in [3.05, 3.63) is 23.3 Å². The quantitative estimate of drug-likeness (QED) is 0.610. The molecule has 0 aliphatic carbocycles. The van der Waals surface area contributed by atoms with Crippen molar-refractivity contribution < 1.29 is 14.3 Å². The predicted octanol–water partition coefficient (Wildman–Crippen LogP) is 1.33. The number of benzene rings is 1. The Morgan fingerprint density at radius 2 is 2.00 bits per heavy atom. The van der Waals surface area contributed by atoms with Crippen molar-refractivity contribution in [2.24, 2.45) is 0 Å². The highest BCUT2D eigenvalue weighted by Crippen LogP contribution is 2.26. The summed E-state index contributed by atoms with van der Waals surface area (Å²) in [5.74, 6) is -0.542. The molecule has 21 heavy (non-hydrogen) atoms. The Hall–Kier alpha value is -2.24. The van der Waals surface area contributed by atoms with E-state index < -0.39 is 5.97 Å². The molecule has 0 saturated heterocycles. The number of likely N-dealkylation sites (N-methyl/N-ethyl adjacent to an activating group) is 2. The molecule has 1 rings (SSSR count). The Balaban J connectivity index is 3.13. The number of esters is 1. The van der Waals surface area contributed by atoms with Crippen LogP contribution in [0.15, 0.2) is 12.1 Å². The van der Waals surface area contributed by atoms with Crippen molar-refractivity contribution in [2.75, 3.05) is 37.4 Å². The van der Waals surface area contributed by atoms with E-state index in [1.165, 1.54) is 7.11 Å². The third-order valence-electron chi connectivity index (χ3n) is 3.23. The number of hydrogen-bond acceptors (Lipinski definition) is 5. The molecule has 0 aliphatic rings. The zero-order chi connectivity index (χ0) is 16.0. The molecule has 1 amide bonds. The molecule has 0 spiro atoms. The molecule has 0 atom stereocenters. The predicted molar refractivity (Wildman–Crippen MR) is 83.5 cm³/mol. The van der Waals surface area contributed by atoms with Gasteiger partial charge in [0.25, 0.3) is 0 Å². The first-order chi connectivity index (χ1) is 9.94. The lowest BCUT2D eigenvalue weighted by atomic mass is 10.1. The number of methoxy groups -OCH3 is 1. The molecule has 0 aromatic heterocycles. The summed E-state index contributed by atoms with van der Waals surface area (Å²) in [7, 11) is 1.32. The van der Waals surface area contributed by atoms with Crippen LogP contribution >= 0.6 is 0 Å². The van der Waals surface area contributed by atoms with E-state index >= 15 is 0 Å². The van der Waals surface area contributed by atoms with Gasteiger partial charge >= 0.3 is 5.97 Å². The van der Waals surface area contributed by atoms with Crippen molar-refractivity contribution in [1.29, 1.82) is 0 Å². The molecule has 0 saturated carbocycles. The molecular weight excluding hydrogens is 270 g/mol. The van der Waals surface area contributed by atoms with Gasteiger partial charge in [-0.15, -0.1) is 0 Å². The van der Waals surface area contributed by atoms with Gasteiger partial charge in [-0.05, 0) is 38.5 Å². The number of ether oxygens (including phenoxy) is 1. The first-order valence-corrected chi connectivity index (χ1v) is 6.94. The van der Waals surface area contributed by atoms with Gasteiger partial charge in [0.15, 0.2) is 0 Å². The number of nitrogen functional groups attached to an aromatic ring is 1. The van der Waals surface area contributed by atoms with Crippen molar-refractivity contribution in [2.45, 2.75) is 20.8 Å². The van der Waals surface area contributed by atoms with E-state index in [1.807, 2.05) is 31.7 Å². The van der Waals surface area contributed by atoms with E-state index in [-0.39, 0.29) is 12.5 Å². The smallest absolute Gasteiger partial charge is 0.340 e. The maximum Gasteiger partial charge on any atom is 0.340 e. The van der Waals surface area contributed by atoms with Gasteiger partial charge in [-0.25, -0.2) is 4.79 Å². The molecule has 6 heteroatoms.